The summed E-state index contributed by atoms with van der Waals surface area (Å²) in [6.07, 6.45) is 0.822. The van der Waals surface area contributed by atoms with Crippen molar-refractivity contribution in [1.82, 2.24) is 9.78 Å². The molecule has 2 aromatic heterocycles. The fourth-order valence-electron chi connectivity index (χ4n) is 4.09. The monoisotopic (exact) mass is 401 g/mol. The van der Waals surface area contributed by atoms with Gasteiger partial charge in [-0.2, -0.15) is 5.10 Å². The van der Waals surface area contributed by atoms with Crippen LogP contribution in [0.15, 0.2) is 70.8 Å². The van der Waals surface area contributed by atoms with E-state index in [0.29, 0.717) is 5.39 Å². The van der Waals surface area contributed by atoms with Crippen LogP contribution in [0.5, 0.6) is 0 Å². The van der Waals surface area contributed by atoms with Crippen LogP contribution in [0.25, 0.3) is 21.3 Å². The van der Waals surface area contributed by atoms with Gasteiger partial charge in [0.15, 0.2) is 0 Å². The largest absolute Gasteiger partial charge is 0.307 e. The van der Waals surface area contributed by atoms with Crippen molar-refractivity contribution in [3.05, 3.63) is 82.0 Å². The first-order valence-electron chi connectivity index (χ1n) is 9.57. The quantitative estimate of drug-likeness (QED) is 0.519. The van der Waals surface area contributed by atoms with E-state index in [9.17, 15) is 9.59 Å². The average molecular weight is 401 g/mol. The van der Waals surface area contributed by atoms with E-state index in [-0.39, 0.29) is 24.1 Å². The van der Waals surface area contributed by atoms with Gasteiger partial charge in [-0.15, -0.1) is 11.3 Å². The second-order valence-corrected chi connectivity index (χ2v) is 8.23. The molecule has 0 bridgehead atoms. The minimum absolute atomic E-state index is 0.0628. The summed E-state index contributed by atoms with van der Waals surface area (Å²) in [5, 5.41) is 7.97. The van der Waals surface area contributed by atoms with Gasteiger partial charge in [-0.25, -0.2) is 4.68 Å². The third kappa shape index (κ3) is 2.96. The second kappa shape index (κ2) is 6.97. The van der Waals surface area contributed by atoms with Crippen molar-refractivity contribution in [3.63, 3.8) is 0 Å². The number of anilines is 1. The highest BCUT2D eigenvalue weighted by Gasteiger charge is 2.31. The fraction of sp³-hybridized carbons (Fsp3) is 0.174. The lowest BCUT2D eigenvalue weighted by atomic mass is 10.1. The second-order valence-electron chi connectivity index (χ2n) is 7.28. The van der Waals surface area contributed by atoms with Gasteiger partial charge in [0.05, 0.1) is 10.3 Å². The standard InChI is InChI=1S/C23H19N3O2S/c1-15-13-16-7-2-5-10-19(16)26(15)21(27)14-25-23(28)18-9-4-3-8-17(18)22(24-25)20-11-6-12-29-20/h2-12,15H,13-14H2,1H3. The summed E-state index contributed by atoms with van der Waals surface area (Å²) >= 11 is 1.57. The van der Waals surface area contributed by atoms with Gasteiger partial charge >= 0.3 is 0 Å². The first-order valence-corrected chi connectivity index (χ1v) is 10.4. The summed E-state index contributed by atoms with van der Waals surface area (Å²) in [6, 6.07) is 19.4. The van der Waals surface area contributed by atoms with Crippen molar-refractivity contribution in [2.24, 2.45) is 0 Å². The Hall–Kier alpha value is -3.25. The maximum atomic E-state index is 13.2. The molecule has 1 aliphatic rings. The molecule has 144 valence electrons. The van der Waals surface area contributed by atoms with E-state index in [2.05, 4.69) is 11.2 Å². The molecule has 0 saturated heterocycles. The lowest BCUT2D eigenvalue weighted by molar-refractivity contribution is -0.119. The summed E-state index contributed by atoms with van der Waals surface area (Å²) in [4.78, 5) is 29.0. The Morgan fingerprint density at radius 2 is 1.83 bits per heavy atom. The maximum Gasteiger partial charge on any atom is 0.275 e. The van der Waals surface area contributed by atoms with Crippen molar-refractivity contribution >= 4 is 33.7 Å². The van der Waals surface area contributed by atoms with Gasteiger partial charge in [0.1, 0.15) is 12.2 Å². The van der Waals surface area contributed by atoms with Crippen molar-refractivity contribution in [2.75, 3.05) is 4.90 Å². The van der Waals surface area contributed by atoms with Gasteiger partial charge in [0.2, 0.25) is 5.91 Å². The van der Waals surface area contributed by atoms with Crippen LogP contribution in [-0.4, -0.2) is 21.7 Å². The molecular weight excluding hydrogens is 382 g/mol. The third-order valence-corrected chi connectivity index (χ3v) is 6.26. The number of benzene rings is 2. The van der Waals surface area contributed by atoms with Crippen molar-refractivity contribution < 1.29 is 4.79 Å². The van der Waals surface area contributed by atoms with E-state index in [4.69, 9.17) is 0 Å². The van der Waals surface area contributed by atoms with E-state index in [1.54, 1.807) is 22.3 Å². The molecule has 0 spiro atoms. The Morgan fingerprint density at radius 1 is 1.07 bits per heavy atom. The smallest absolute Gasteiger partial charge is 0.275 e. The molecule has 3 heterocycles. The van der Waals surface area contributed by atoms with Crippen LogP contribution in [0.2, 0.25) is 0 Å². The molecule has 29 heavy (non-hydrogen) atoms. The molecular formula is C23H19N3O2S. The van der Waals surface area contributed by atoms with Gasteiger partial charge in [0, 0.05) is 17.1 Å². The summed E-state index contributed by atoms with van der Waals surface area (Å²) in [5.41, 5.74) is 2.58. The molecule has 1 amide bonds. The summed E-state index contributed by atoms with van der Waals surface area (Å²) in [7, 11) is 0. The molecule has 0 aliphatic carbocycles. The van der Waals surface area contributed by atoms with Gasteiger partial charge in [-0.05, 0) is 42.5 Å². The molecule has 4 aromatic rings. The Labute approximate surface area is 171 Å². The predicted molar refractivity (Wildman–Crippen MR) is 116 cm³/mol. The summed E-state index contributed by atoms with van der Waals surface area (Å²) in [5.74, 6) is -0.121. The average Bonchev–Trinajstić information content (AvgIpc) is 3.37. The number of fused-ring (bicyclic) bond motifs is 2. The van der Waals surface area contributed by atoms with Gasteiger partial charge in [0.25, 0.3) is 5.56 Å². The van der Waals surface area contributed by atoms with Crippen LogP contribution in [0, 0.1) is 0 Å². The van der Waals surface area contributed by atoms with Crippen molar-refractivity contribution in [3.8, 4) is 10.6 Å². The van der Waals surface area contributed by atoms with E-state index in [1.165, 1.54) is 4.68 Å². The highest BCUT2D eigenvalue weighted by atomic mass is 32.1. The SMILES string of the molecule is CC1Cc2ccccc2N1C(=O)Cn1nc(-c2cccs2)c2ccccc2c1=O. The molecule has 5 rings (SSSR count). The summed E-state index contributed by atoms with van der Waals surface area (Å²) in [6.45, 7) is 1.95. The molecule has 1 aliphatic heterocycles. The van der Waals surface area contributed by atoms with Gasteiger partial charge in [-0.3, -0.25) is 9.59 Å². The number of carbonyl (C=O) groups is 1. The Morgan fingerprint density at radius 3 is 2.62 bits per heavy atom. The van der Waals surface area contributed by atoms with E-state index in [0.717, 1.165) is 33.6 Å². The predicted octanol–water partition coefficient (Wildman–Crippen LogP) is 4.10. The van der Waals surface area contributed by atoms with E-state index < -0.39 is 0 Å². The molecule has 1 atom stereocenters. The lowest BCUT2D eigenvalue weighted by Gasteiger charge is -2.23. The zero-order valence-electron chi connectivity index (χ0n) is 15.9. The lowest BCUT2D eigenvalue weighted by Crippen LogP contribution is -2.40. The van der Waals surface area contributed by atoms with Crippen molar-refractivity contribution in [1.29, 1.82) is 0 Å². The molecule has 2 aromatic carbocycles. The zero-order valence-corrected chi connectivity index (χ0v) is 16.7. The minimum Gasteiger partial charge on any atom is -0.307 e. The Balaban J connectivity index is 1.59. The number of amides is 1. The Bertz CT molecular complexity index is 1280. The van der Waals surface area contributed by atoms with Gasteiger partial charge in [-0.1, -0.05) is 42.5 Å². The van der Waals surface area contributed by atoms with Gasteiger partial charge < -0.3 is 4.90 Å². The number of carbonyl (C=O) groups excluding carboxylic acids is 1. The number of hydrogen-bond acceptors (Lipinski definition) is 4. The number of thiophene rings is 1. The fourth-order valence-corrected chi connectivity index (χ4v) is 4.81. The normalized spacial score (nSPS) is 15.6. The number of para-hydroxylation sites is 1. The highest BCUT2D eigenvalue weighted by Crippen LogP contribution is 2.32. The summed E-state index contributed by atoms with van der Waals surface area (Å²) < 4.78 is 1.31. The highest BCUT2D eigenvalue weighted by molar-refractivity contribution is 7.13. The molecule has 0 radical (unpaired) electrons. The number of aromatic nitrogens is 2. The minimum atomic E-state index is -0.241. The number of rotatable bonds is 3. The number of hydrogen-bond donors (Lipinski definition) is 0. The van der Waals surface area contributed by atoms with Crippen LogP contribution in [0.1, 0.15) is 12.5 Å². The van der Waals surface area contributed by atoms with Crippen LogP contribution in [0.4, 0.5) is 5.69 Å². The van der Waals surface area contributed by atoms with Crippen LogP contribution < -0.4 is 10.5 Å². The molecule has 0 N–H and O–H groups in total. The van der Waals surface area contributed by atoms with Crippen LogP contribution >= 0.6 is 11.3 Å². The third-order valence-electron chi connectivity index (χ3n) is 5.38. The van der Waals surface area contributed by atoms with Crippen LogP contribution in [0.3, 0.4) is 0 Å². The van der Waals surface area contributed by atoms with Crippen LogP contribution in [-0.2, 0) is 17.8 Å². The van der Waals surface area contributed by atoms with Crippen molar-refractivity contribution in [2.45, 2.75) is 25.9 Å². The van der Waals surface area contributed by atoms with E-state index in [1.807, 2.05) is 60.8 Å². The zero-order chi connectivity index (χ0) is 20.0. The molecule has 5 nitrogen and oxygen atoms in total. The first-order chi connectivity index (χ1) is 14.1. The molecule has 1 unspecified atom stereocenters. The molecule has 0 fully saturated rings. The Kier molecular flexibility index (Phi) is 4.28. The molecule has 6 heteroatoms. The topological polar surface area (TPSA) is 55.2 Å². The maximum absolute atomic E-state index is 13.2. The van der Waals surface area contributed by atoms with E-state index >= 15 is 0 Å². The number of nitrogens with zero attached hydrogens (tertiary/aromatic N) is 3. The first kappa shape index (κ1) is 17.8. The molecule has 0 saturated carbocycles.